The zero-order valence-corrected chi connectivity index (χ0v) is 14.5. The predicted octanol–water partition coefficient (Wildman–Crippen LogP) is 3.61. The van der Waals surface area contributed by atoms with Crippen LogP contribution in [0.4, 0.5) is 11.4 Å². The molecule has 0 saturated carbocycles. The summed E-state index contributed by atoms with van der Waals surface area (Å²) in [7, 11) is 0. The van der Waals surface area contributed by atoms with E-state index in [2.05, 4.69) is 10.3 Å². The quantitative estimate of drug-likeness (QED) is 0.283. The second kappa shape index (κ2) is 10.4. The number of anilines is 2. The van der Waals surface area contributed by atoms with E-state index in [0.717, 1.165) is 16.8 Å². The summed E-state index contributed by atoms with van der Waals surface area (Å²) >= 11 is 0. The highest BCUT2D eigenvalue weighted by molar-refractivity contribution is 5.87. The molecule has 1 aromatic rings. The molecule has 6 heteroatoms. The van der Waals surface area contributed by atoms with Crippen LogP contribution in [-0.2, 0) is 0 Å². The van der Waals surface area contributed by atoms with Gasteiger partial charge in [0.05, 0.1) is 0 Å². The number of nitrogen functional groups attached to an aromatic ring is 1. The normalized spacial score (nSPS) is 13.4. The Hall–Kier alpha value is -3.41. The van der Waals surface area contributed by atoms with Gasteiger partial charge in [0.2, 0.25) is 0 Å². The van der Waals surface area contributed by atoms with E-state index in [9.17, 15) is 0 Å². The Morgan fingerprint density at radius 3 is 2.60 bits per heavy atom. The van der Waals surface area contributed by atoms with E-state index in [1.165, 1.54) is 18.6 Å². The van der Waals surface area contributed by atoms with Crippen molar-refractivity contribution in [3.8, 4) is 0 Å². The number of nitrogens with zero attached hydrogens (tertiary/aromatic N) is 1. The van der Waals surface area contributed by atoms with Crippen LogP contribution in [0.5, 0.6) is 0 Å². The predicted molar refractivity (Wildman–Crippen MR) is 109 cm³/mol. The van der Waals surface area contributed by atoms with Crippen LogP contribution in [0.3, 0.4) is 0 Å². The van der Waals surface area contributed by atoms with E-state index >= 15 is 0 Å². The Balaban J connectivity index is 3.05. The van der Waals surface area contributed by atoms with Crippen molar-refractivity contribution in [1.29, 1.82) is 10.8 Å². The molecule has 0 spiro atoms. The number of hydrogen-bond acceptors (Lipinski definition) is 6. The average molecular weight is 336 g/mol. The van der Waals surface area contributed by atoms with Crippen LogP contribution in [-0.4, -0.2) is 18.6 Å². The van der Waals surface area contributed by atoms with E-state index in [0.29, 0.717) is 16.8 Å². The Bertz CT molecular complexity index is 766. The molecule has 0 heterocycles. The molecule has 0 fully saturated rings. The van der Waals surface area contributed by atoms with Crippen LogP contribution in [0.2, 0.25) is 0 Å². The van der Waals surface area contributed by atoms with E-state index in [-0.39, 0.29) is 0 Å². The molecule has 0 radical (unpaired) electrons. The number of aliphatic imine (C=N–C) groups is 1. The molecule has 25 heavy (non-hydrogen) atoms. The van der Waals surface area contributed by atoms with Crippen molar-refractivity contribution in [1.82, 2.24) is 0 Å². The minimum absolute atomic E-state index is 0.563. The zero-order valence-electron chi connectivity index (χ0n) is 14.5. The van der Waals surface area contributed by atoms with Crippen molar-refractivity contribution in [3.63, 3.8) is 0 Å². The van der Waals surface area contributed by atoms with Crippen LogP contribution in [0, 0.1) is 10.8 Å². The maximum absolute atomic E-state index is 7.49. The molecule has 130 valence electrons. The zero-order chi connectivity index (χ0) is 18.7. The standard InChI is InChI=1S/C19H24N6/c1-3-24-8-7-18(16(12-21)13-22)14(2)6-9-25-17-4-5-19(23)15(10-17)11-20/h3-13,20-21,25H,22-23H2,1-2H3/b8-7+,9-6+,16-13+,18-14-,20-11?,21-12?,24-3?. The molecule has 6 nitrogen and oxygen atoms in total. The maximum atomic E-state index is 7.49. The number of nitrogens with one attached hydrogen (secondary N) is 3. The van der Waals surface area contributed by atoms with Gasteiger partial charge < -0.3 is 27.6 Å². The van der Waals surface area contributed by atoms with Gasteiger partial charge in [-0.25, -0.2) is 0 Å². The third-order valence-corrected chi connectivity index (χ3v) is 3.37. The van der Waals surface area contributed by atoms with E-state index in [1.807, 2.05) is 26.0 Å². The van der Waals surface area contributed by atoms with Gasteiger partial charge in [-0.15, -0.1) is 0 Å². The fraction of sp³-hybridized carbons (Fsp3) is 0.105. The summed E-state index contributed by atoms with van der Waals surface area (Å²) in [5.74, 6) is 0. The van der Waals surface area contributed by atoms with E-state index in [1.54, 1.807) is 36.8 Å². The second-order valence-electron chi connectivity index (χ2n) is 5.05. The molecule has 0 bridgehead atoms. The number of hydrogen-bond donors (Lipinski definition) is 5. The fourth-order valence-electron chi connectivity index (χ4n) is 2.02. The number of nitrogens with two attached hydrogens (primary N) is 2. The maximum Gasteiger partial charge on any atom is 0.0404 e. The molecular formula is C19H24N6. The molecular weight excluding hydrogens is 312 g/mol. The molecule has 1 rings (SSSR count). The minimum atomic E-state index is 0.563. The molecule has 1 aromatic carbocycles. The smallest absolute Gasteiger partial charge is 0.0404 e. The number of benzene rings is 1. The third-order valence-electron chi connectivity index (χ3n) is 3.37. The molecule has 0 aliphatic rings. The van der Waals surface area contributed by atoms with Crippen LogP contribution >= 0.6 is 0 Å². The van der Waals surface area contributed by atoms with Gasteiger partial charge in [-0.3, -0.25) is 4.99 Å². The van der Waals surface area contributed by atoms with Gasteiger partial charge >= 0.3 is 0 Å². The molecule has 7 N–H and O–H groups in total. The highest BCUT2D eigenvalue weighted by Crippen LogP contribution is 2.18. The number of rotatable bonds is 8. The topological polar surface area (TPSA) is 124 Å². The first-order valence-corrected chi connectivity index (χ1v) is 7.68. The summed E-state index contributed by atoms with van der Waals surface area (Å²) < 4.78 is 0. The lowest BCUT2D eigenvalue weighted by Crippen LogP contribution is -1.97. The van der Waals surface area contributed by atoms with Gasteiger partial charge in [0.25, 0.3) is 0 Å². The summed E-state index contributed by atoms with van der Waals surface area (Å²) in [6.45, 7) is 3.75. The highest BCUT2D eigenvalue weighted by Gasteiger charge is 2.02. The first kappa shape index (κ1) is 19.6. The summed E-state index contributed by atoms with van der Waals surface area (Å²) in [5.41, 5.74) is 15.7. The van der Waals surface area contributed by atoms with E-state index in [4.69, 9.17) is 22.3 Å². The molecule has 0 aliphatic carbocycles. The van der Waals surface area contributed by atoms with Gasteiger partial charge in [0.15, 0.2) is 0 Å². The third kappa shape index (κ3) is 5.95. The van der Waals surface area contributed by atoms with Crippen molar-refractivity contribution < 1.29 is 0 Å². The van der Waals surface area contributed by atoms with Crippen molar-refractivity contribution in [2.24, 2.45) is 10.7 Å². The molecule has 0 unspecified atom stereocenters. The minimum Gasteiger partial charge on any atom is -0.404 e. The molecule has 0 amide bonds. The summed E-state index contributed by atoms with van der Waals surface area (Å²) in [5, 5.41) is 18.0. The van der Waals surface area contributed by atoms with E-state index < -0.39 is 0 Å². The number of allylic oxidation sites excluding steroid dienone is 5. The molecule has 0 aliphatic heterocycles. The average Bonchev–Trinajstić information content (AvgIpc) is 2.62. The fourth-order valence-corrected chi connectivity index (χ4v) is 2.02. The molecule has 0 saturated heterocycles. The van der Waals surface area contributed by atoms with Crippen LogP contribution in [0.25, 0.3) is 0 Å². The van der Waals surface area contributed by atoms with Crippen molar-refractivity contribution in [3.05, 3.63) is 71.2 Å². The first-order chi connectivity index (χ1) is 12.1. The monoisotopic (exact) mass is 336 g/mol. The first-order valence-electron chi connectivity index (χ1n) is 7.68. The summed E-state index contributed by atoms with van der Waals surface area (Å²) in [6, 6.07) is 5.39. The lowest BCUT2D eigenvalue weighted by atomic mass is 10.0. The lowest BCUT2D eigenvalue weighted by Gasteiger charge is -2.07. The molecule has 0 atom stereocenters. The Labute approximate surface area is 148 Å². The van der Waals surface area contributed by atoms with Gasteiger partial charge in [-0.2, -0.15) is 0 Å². The van der Waals surface area contributed by atoms with Crippen LogP contribution in [0.15, 0.2) is 70.7 Å². The van der Waals surface area contributed by atoms with Crippen LogP contribution in [0.1, 0.15) is 19.4 Å². The van der Waals surface area contributed by atoms with Crippen molar-refractivity contribution in [2.75, 3.05) is 11.1 Å². The largest absolute Gasteiger partial charge is 0.404 e. The Kier molecular flexibility index (Phi) is 8.15. The Morgan fingerprint density at radius 1 is 1.24 bits per heavy atom. The summed E-state index contributed by atoms with van der Waals surface area (Å²) in [4.78, 5) is 4.04. The van der Waals surface area contributed by atoms with Crippen molar-refractivity contribution >= 4 is 30.0 Å². The highest BCUT2D eigenvalue weighted by atomic mass is 14.8. The van der Waals surface area contributed by atoms with Gasteiger partial charge in [-0.05, 0) is 55.3 Å². The second-order valence-corrected chi connectivity index (χ2v) is 5.05. The lowest BCUT2D eigenvalue weighted by molar-refractivity contribution is 1.37. The van der Waals surface area contributed by atoms with Gasteiger partial charge in [-0.1, -0.05) is 0 Å². The molecule has 0 aromatic heterocycles. The van der Waals surface area contributed by atoms with Gasteiger partial charge in [0, 0.05) is 59.8 Å². The van der Waals surface area contributed by atoms with Crippen LogP contribution < -0.4 is 16.8 Å². The Morgan fingerprint density at radius 2 is 2.00 bits per heavy atom. The van der Waals surface area contributed by atoms with Crippen molar-refractivity contribution in [2.45, 2.75) is 13.8 Å². The summed E-state index contributed by atoms with van der Waals surface area (Å²) in [6.07, 6.45) is 12.6. The SMILES string of the molecule is CC=N/C=C/C(C(/C=N)=C/N)=C(C)/C=C/Nc1ccc(N)c(C=N)c1. The van der Waals surface area contributed by atoms with Gasteiger partial charge in [0.1, 0.15) is 0 Å².